The van der Waals surface area contributed by atoms with Crippen LogP contribution in [0.25, 0.3) is 0 Å². The molecule has 1 N–H and O–H groups in total. The number of rotatable bonds is 4. The first kappa shape index (κ1) is 16.2. The van der Waals surface area contributed by atoms with Crippen molar-refractivity contribution in [2.45, 2.75) is 12.7 Å². The second-order valence-electron chi connectivity index (χ2n) is 5.20. The highest BCUT2D eigenvalue weighted by Crippen LogP contribution is 2.17. The maximum absolute atomic E-state index is 13.6. The van der Waals surface area contributed by atoms with Gasteiger partial charge >= 0.3 is 0 Å². The first-order chi connectivity index (χ1) is 10.2. The number of amides is 1. The third-order valence-electron chi connectivity index (χ3n) is 3.02. The molecule has 2 aromatic rings. The Labute approximate surface area is 128 Å². The van der Waals surface area contributed by atoms with E-state index < -0.39 is 21.6 Å². The molecule has 0 saturated heterocycles. The zero-order valence-electron chi connectivity index (χ0n) is 12.3. The van der Waals surface area contributed by atoms with E-state index in [0.29, 0.717) is 11.1 Å². The van der Waals surface area contributed by atoms with Crippen molar-refractivity contribution in [1.82, 2.24) is 0 Å². The number of sulfone groups is 1. The van der Waals surface area contributed by atoms with E-state index in [-0.39, 0.29) is 11.4 Å². The topological polar surface area (TPSA) is 63.2 Å². The molecule has 0 aliphatic rings. The van der Waals surface area contributed by atoms with E-state index in [4.69, 9.17) is 0 Å². The molecule has 0 aromatic heterocycles. The van der Waals surface area contributed by atoms with Crippen molar-refractivity contribution < 1.29 is 17.6 Å². The fraction of sp³-hybridized carbons (Fsp3) is 0.188. The molecule has 0 spiro atoms. The highest BCUT2D eigenvalue weighted by Gasteiger charge is 2.10. The zero-order valence-corrected chi connectivity index (χ0v) is 13.1. The lowest BCUT2D eigenvalue weighted by Gasteiger charge is -2.08. The van der Waals surface area contributed by atoms with Gasteiger partial charge in [-0.25, -0.2) is 12.8 Å². The van der Waals surface area contributed by atoms with E-state index in [2.05, 4.69) is 5.32 Å². The summed E-state index contributed by atoms with van der Waals surface area (Å²) in [5.41, 5.74) is 1.88. The van der Waals surface area contributed by atoms with E-state index >= 15 is 0 Å². The SMILES string of the molecule is Cc1ccc(F)c(NC(=O)c2ccc(CS(C)(=O)=O)cc2)c1. The second kappa shape index (κ2) is 6.27. The van der Waals surface area contributed by atoms with Gasteiger partial charge in [0.15, 0.2) is 9.84 Å². The summed E-state index contributed by atoms with van der Waals surface area (Å²) < 4.78 is 36.0. The fourth-order valence-corrected chi connectivity index (χ4v) is 2.78. The van der Waals surface area contributed by atoms with Gasteiger partial charge in [0.25, 0.3) is 5.91 Å². The molecule has 22 heavy (non-hydrogen) atoms. The van der Waals surface area contributed by atoms with Crippen LogP contribution in [0.3, 0.4) is 0 Å². The lowest BCUT2D eigenvalue weighted by molar-refractivity contribution is 0.102. The number of hydrogen-bond acceptors (Lipinski definition) is 3. The van der Waals surface area contributed by atoms with Gasteiger partial charge in [0.05, 0.1) is 11.4 Å². The molecule has 0 radical (unpaired) electrons. The van der Waals surface area contributed by atoms with Gasteiger partial charge in [0.1, 0.15) is 5.82 Å². The smallest absolute Gasteiger partial charge is 0.255 e. The molecule has 0 unspecified atom stereocenters. The highest BCUT2D eigenvalue weighted by atomic mass is 32.2. The molecule has 116 valence electrons. The molecule has 0 aliphatic heterocycles. The number of anilines is 1. The third kappa shape index (κ3) is 4.39. The molecule has 0 bridgehead atoms. The summed E-state index contributed by atoms with van der Waals surface area (Å²) in [6.07, 6.45) is 1.15. The minimum absolute atomic E-state index is 0.0819. The highest BCUT2D eigenvalue weighted by molar-refractivity contribution is 7.89. The minimum Gasteiger partial charge on any atom is -0.319 e. The number of nitrogens with one attached hydrogen (secondary N) is 1. The quantitative estimate of drug-likeness (QED) is 0.942. The molecule has 6 heteroatoms. The summed E-state index contributed by atoms with van der Waals surface area (Å²) >= 11 is 0. The van der Waals surface area contributed by atoms with Crippen molar-refractivity contribution >= 4 is 21.4 Å². The third-order valence-corrected chi connectivity index (χ3v) is 3.87. The Kier molecular flexibility index (Phi) is 4.61. The molecule has 0 atom stereocenters. The van der Waals surface area contributed by atoms with Gasteiger partial charge in [-0.2, -0.15) is 0 Å². The second-order valence-corrected chi connectivity index (χ2v) is 7.34. The number of hydrogen-bond donors (Lipinski definition) is 1. The van der Waals surface area contributed by atoms with Crippen LogP contribution in [-0.2, 0) is 15.6 Å². The maximum Gasteiger partial charge on any atom is 0.255 e. The average Bonchev–Trinajstić information content (AvgIpc) is 2.42. The molecule has 2 rings (SSSR count). The normalized spacial score (nSPS) is 11.2. The molecule has 2 aromatic carbocycles. The Morgan fingerprint density at radius 3 is 2.36 bits per heavy atom. The number of benzene rings is 2. The standard InChI is InChI=1S/C16H16FNO3S/c1-11-3-8-14(17)15(9-11)18-16(19)13-6-4-12(5-7-13)10-22(2,20)21/h3-9H,10H2,1-2H3,(H,18,19). The van der Waals surface area contributed by atoms with E-state index in [1.54, 1.807) is 31.2 Å². The van der Waals surface area contributed by atoms with E-state index in [1.807, 2.05) is 0 Å². The minimum atomic E-state index is -3.12. The summed E-state index contributed by atoms with van der Waals surface area (Å²) in [6, 6.07) is 10.6. The zero-order chi connectivity index (χ0) is 16.3. The van der Waals surface area contributed by atoms with Crippen LogP contribution in [0.4, 0.5) is 10.1 Å². The summed E-state index contributed by atoms with van der Waals surface area (Å²) in [4.78, 5) is 12.1. The number of carbonyl (C=O) groups is 1. The van der Waals surface area contributed by atoms with Gasteiger partial charge in [0, 0.05) is 11.8 Å². The first-order valence-corrected chi connectivity index (χ1v) is 8.65. The molecular formula is C16H16FNO3S. The summed E-state index contributed by atoms with van der Waals surface area (Å²) in [7, 11) is -3.12. The van der Waals surface area contributed by atoms with Crippen LogP contribution in [0.2, 0.25) is 0 Å². The molecular weight excluding hydrogens is 305 g/mol. The van der Waals surface area contributed by atoms with E-state index in [9.17, 15) is 17.6 Å². The van der Waals surface area contributed by atoms with Crippen molar-refractivity contribution in [1.29, 1.82) is 0 Å². The molecule has 0 saturated carbocycles. The van der Waals surface area contributed by atoms with Gasteiger partial charge in [-0.3, -0.25) is 4.79 Å². The molecule has 1 amide bonds. The predicted molar refractivity (Wildman–Crippen MR) is 84.1 cm³/mol. The Bertz CT molecular complexity index is 799. The maximum atomic E-state index is 13.6. The van der Waals surface area contributed by atoms with Gasteiger partial charge < -0.3 is 5.32 Å². The van der Waals surface area contributed by atoms with Gasteiger partial charge in [-0.15, -0.1) is 0 Å². The van der Waals surface area contributed by atoms with Crippen LogP contribution in [-0.4, -0.2) is 20.6 Å². The largest absolute Gasteiger partial charge is 0.319 e. The molecule has 0 heterocycles. The Morgan fingerprint density at radius 1 is 1.14 bits per heavy atom. The van der Waals surface area contributed by atoms with Crippen molar-refractivity contribution in [3.8, 4) is 0 Å². The Balaban J connectivity index is 2.15. The van der Waals surface area contributed by atoms with Crippen LogP contribution >= 0.6 is 0 Å². The van der Waals surface area contributed by atoms with Crippen LogP contribution < -0.4 is 5.32 Å². The summed E-state index contributed by atoms with van der Waals surface area (Å²) in [6.45, 7) is 1.80. The van der Waals surface area contributed by atoms with Crippen molar-refractivity contribution in [3.63, 3.8) is 0 Å². The lowest BCUT2D eigenvalue weighted by Crippen LogP contribution is -2.13. The molecule has 0 fully saturated rings. The van der Waals surface area contributed by atoms with Crippen LogP contribution in [0.1, 0.15) is 21.5 Å². The van der Waals surface area contributed by atoms with E-state index in [1.165, 1.54) is 18.2 Å². The summed E-state index contributed by atoms with van der Waals surface area (Å²) in [5, 5.41) is 2.50. The predicted octanol–water partition coefficient (Wildman–Crippen LogP) is 2.93. The monoisotopic (exact) mass is 321 g/mol. The number of aryl methyl sites for hydroxylation is 1. The fourth-order valence-electron chi connectivity index (χ4n) is 1.98. The Morgan fingerprint density at radius 2 is 1.77 bits per heavy atom. The van der Waals surface area contributed by atoms with Crippen LogP contribution in [0.5, 0.6) is 0 Å². The van der Waals surface area contributed by atoms with Gasteiger partial charge in [0.2, 0.25) is 0 Å². The number of halogens is 1. The first-order valence-electron chi connectivity index (χ1n) is 6.59. The van der Waals surface area contributed by atoms with Crippen molar-refractivity contribution in [2.75, 3.05) is 11.6 Å². The van der Waals surface area contributed by atoms with Crippen LogP contribution in [0.15, 0.2) is 42.5 Å². The lowest BCUT2D eigenvalue weighted by atomic mass is 10.1. The van der Waals surface area contributed by atoms with E-state index in [0.717, 1.165) is 11.8 Å². The Hall–Kier alpha value is -2.21. The van der Waals surface area contributed by atoms with Crippen molar-refractivity contribution in [2.24, 2.45) is 0 Å². The van der Waals surface area contributed by atoms with Crippen LogP contribution in [0, 0.1) is 12.7 Å². The van der Waals surface area contributed by atoms with Gasteiger partial charge in [-0.1, -0.05) is 18.2 Å². The molecule has 0 aliphatic carbocycles. The number of carbonyl (C=O) groups excluding carboxylic acids is 1. The molecule has 4 nitrogen and oxygen atoms in total. The van der Waals surface area contributed by atoms with Crippen molar-refractivity contribution in [3.05, 3.63) is 65.0 Å². The average molecular weight is 321 g/mol. The summed E-state index contributed by atoms with van der Waals surface area (Å²) in [5.74, 6) is -1.04. The van der Waals surface area contributed by atoms with Gasteiger partial charge in [-0.05, 0) is 42.3 Å².